The van der Waals surface area contributed by atoms with Crippen molar-refractivity contribution in [1.29, 1.82) is 0 Å². The summed E-state index contributed by atoms with van der Waals surface area (Å²) in [4.78, 5) is 12.1. The lowest BCUT2D eigenvalue weighted by Crippen LogP contribution is -2.47. The quantitative estimate of drug-likeness (QED) is 0.855. The molecule has 0 bridgehead atoms. The van der Waals surface area contributed by atoms with Gasteiger partial charge in [-0.2, -0.15) is 0 Å². The van der Waals surface area contributed by atoms with Crippen molar-refractivity contribution in [3.63, 3.8) is 0 Å². The van der Waals surface area contributed by atoms with Crippen molar-refractivity contribution in [2.75, 3.05) is 26.6 Å². The third kappa shape index (κ3) is 3.17. The van der Waals surface area contributed by atoms with Gasteiger partial charge in [0.15, 0.2) is 0 Å². The van der Waals surface area contributed by atoms with Crippen LogP contribution in [0.2, 0.25) is 0 Å². The average Bonchev–Trinajstić information content (AvgIpc) is 2.39. The van der Waals surface area contributed by atoms with E-state index in [1.165, 1.54) is 0 Å². The van der Waals surface area contributed by atoms with Gasteiger partial charge in [-0.15, -0.1) is 0 Å². The van der Waals surface area contributed by atoms with E-state index in [4.69, 9.17) is 9.47 Å². The highest BCUT2D eigenvalue weighted by Gasteiger charge is 2.26. The van der Waals surface area contributed by atoms with Gasteiger partial charge < -0.3 is 20.1 Å². The van der Waals surface area contributed by atoms with E-state index < -0.39 is 5.54 Å². The highest BCUT2D eigenvalue weighted by atomic mass is 16.5. The zero-order valence-electron chi connectivity index (χ0n) is 12.4. The number of rotatable bonds is 5. The summed E-state index contributed by atoms with van der Waals surface area (Å²) in [7, 11) is 4.92. The summed E-state index contributed by atoms with van der Waals surface area (Å²) in [5.74, 6) is 1.21. The van der Waals surface area contributed by atoms with E-state index in [1.54, 1.807) is 33.4 Å². The van der Waals surface area contributed by atoms with E-state index in [1.807, 2.05) is 20.8 Å². The van der Waals surface area contributed by atoms with Crippen LogP contribution in [0.5, 0.6) is 11.5 Å². The van der Waals surface area contributed by atoms with Crippen molar-refractivity contribution in [1.82, 2.24) is 5.32 Å². The molecule has 0 aliphatic heterocycles. The molecule has 1 rings (SSSR count). The number of nitrogens with one attached hydrogen (secondary N) is 2. The van der Waals surface area contributed by atoms with Crippen LogP contribution >= 0.6 is 0 Å². The molecule has 0 unspecified atom stereocenters. The molecule has 0 aliphatic rings. The molecule has 0 aromatic heterocycles. The molecule has 0 saturated carbocycles. The van der Waals surface area contributed by atoms with Crippen molar-refractivity contribution in [3.8, 4) is 11.5 Å². The fourth-order valence-corrected chi connectivity index (χ4v) is 1.65. The lowest BCUT2D eigenvalue weighted by molar-refractivity contribution is -0.121. The molecule has 5 heteroatoms. The molecule has 1 amide bonds. The van der Waals surface area contributed by atoms with Gasteiger partial charge in [-0.25, -0.2) is 0 Å². The van der Waals surface area contributed by atoms with E-state index in [0.29, 0.717) is 11.4 Å². The van der Waals surface area contributed by atoms with Gasteiger partial charge >= 0.3 is 0 Å². The van der Waals surface area contributed by atoms with Crippen LogP contribution < -0.4 is 20.1 Å². The SMILES string of the molecule is CNC(C)(C)C(=O)Nc1ccc(OC)c(C)c1OC. The standard InChI is InChI=1S/C14H22N2O3/c1-9-11(18-5)8-7-10(12(9)19-6)16-13(17)14(2,3)15-4/h7-8,15H,1-6H3,(H,16,17). The minimum Gasteiger partial charge on any atom is -0.496 e. The van der Waals surface area contributed by atoms with Crippen molar-refractivity contribution < 1.29 is 14.3 Å². The van der Waals surface area contributed by atoms with E-state index in [-0.39, 0.29) is 5.91 Å². The first-order valence-corrected chi connectivity index (χ1v) is 6.09. The average molecular weight is 266 g/mol. The monoisotopic (exact) mass is 266 g/mol. The van der Waals surface area contributed by atoms with Crippen LogP contribution in [0.1, 0.15) is 19.4 Å². The molecule has 0 saturated heterocycles. The van der Waals surface area contributed by atoms with Crippen LogP contribution in [0, 0.1) is 6.92 Å². The predicted molar refractivity (Wildman–Crippen MR) is 76.1 cm³/mol. The molecule has 0 fully saturated rings. The highest BCUT2D eigenvalue weighted by Crippen LogP contribution is 2.35. The van der Waals surface area contributed by atoms with Gasteiger partial charge in [0.25, 0.3) is 0 Å². The number of anilines is 1. The number of ether oxygens (including phenoxy) is 2. The molecule has 0 atom stereocenters. The van der Waals surface area contributed by atoms with Crippen molar-refractivity contribution in [3.05, 3.63) is 17.7 Å². The highest BCUT2D eigenvalue weighted by molar-refractivity contribution is 5.98. The summed E-state index contributed by atoms with van der Waals surface area (Å²) in [6.07, 6.45) is 0. The Bertz CT molecular complexity index is 470. The summed E-state index contributed by atoms with van der Waals surface area (Å²) in [6, 6.07) is 3.58. The zero-order valence-corrected chi connectivity index (χ0v) is 12.4. The summed E-state index contributed by atoms with van der Waals surface area (Å²) < 4.78 is 10.6. The van der Waals surface area contributed by atoms with Crippen LogP contribution in [0.15, 0.2) is 12.1 Å². The lowest BCUT2D eigenvalue weighted by Gasteiger charge is -2.24. The second-order valence-electron chi connectivity index (χ2n) is 4.80. The predicted octanol–water partition coefficient (Wildman–Crippen LogP) is 1.95. The molecule has 0 radical (unpaired) electrons. The number of methoxy groups -OCH3 is 2. The number of carbonyl (C=O) groups excluding carboxylic acids is 1. The maximum Gasteiger partial charge on any atom is 0.244 e. The van der Waals surface area contributed by atoms with E-state index in [0.717, 1.165) is 11.3 Å². The largest absolute Gasteiger partial charge is 0.496 e. The Morgan fingerprint density at radius 2 is 1.84 bits per heavy atom. The van der Waals surface area contributed by atoms with Gasteiger partial charge in [0, 0.05) is 5.56 Å². The molecule has 0 heterocycles. The second kappa shape index (κ2) is 5.93. The summed E-state index contributed by atoms with van der Waals surface area (Å²) in [6.45, 7) is 5.51. The second-order valence-corrected chi connectivity index (χ2v) is 4.80. The number of benzene rings is 1. The van der Waals surface area contributed by atoms with Gasteiger partial charge in [0.1, 0.15) is 11.5 Å². The topological polar surface area (TPSA) is 59.6 Å². The Hall–Kier alpha value is -1.75. The minimum atomic E-state index is -0.654. The Morgan fingerprint density at radius 3 is 2.32 bits per heavy atom. The number of carbonyl (C=O) groups is 1. The number of hydrogen-bond donors (Lipinski definition) is 2. The molecule has 2 N–H and O–H groups in total. The molecule has 106 valence electrons. The third-order valence-electron chi connectivity index (χ3n) is 3.22. The molecule has 0 spiro atoms. The smallest absolute Gasteiger partial charge is 0.244 e. The fourth-order valence-electron chi connectivity index (χ4n) is 1.65. The van der Waals surface area contributed by atoms with E-state index >= 15 is 0 Å². The Labute approximate surface area is 114 Å². The maximum absolute atomic E-state index is 12.1. The van der Waals surface area contributed by atoms with Crippen LogP contribution in [0.4, 0.5) is 5.69 Å². The van der Waals surface area contributed by atoms with Gasteiger partial charge in [0.2, 0.25) is 5.91 Å². The number of likely N-dealkylation sites (N-methyl/N-ethyl adjacent to an activating group) is 1. The van der Waals surface area contributed by atoms with Crippen LogP contribution in [0.3, 0.4) is 0 Å². The molecule has 1 aromatic carbocycles. The van der Waals surface area contributed by atoms with Gasteiger partial charge in [0.05, 0.1) is 25.4 Å². The first kappa shape index (κ1) is 15.3. The van der Waals surface area contributed by atoms with E-state index in [9.17, 15) is 4.79 Å². The maximum atomic E-state index is 12.1. The summed E-state index contributed by atoms with van der Waals surface area (Å²) in [5, 5.41) is 5.82. The van der Waals surface area contributed by atoms with Crippen LogP contribution in [-0.2, 0) is 4.79 Å². The first-order chi connectivity index (χ1) is 8.87. The van der Waals surface area contributed by atoms with Crippen molar-refractivity contribution in [2.24, 2.45) is 0 Å². The Balaban J connectivity index is 3.09. The molecule has 5 nitrogen and oxygen atoms in total. The third-order valence-corrected chi connectivity index (χ3v) is 3.22. The van der Waals surface area contributed by atoms with Crippen molar-refractivity contribution >= 4 is 11.6 Å². The zero-order chi connectivity index (χ0) is 14.6. The van der Waals surface area contributed by atoms with Crippen LogP contribution in [-0.4, -0.2) is 32.7 Å². The van der Waals surface area contributed by atoms with Gasteiger partial charge in [-0.1, -0.05) is 0 Å². The Kier molecular flexibility index (Phi) is 4.78. The fraction of sp³-hybridized carbons (Fsp3) is 0.500. The molecule has 0 aliphatic carbocycles. The normalized spacial score (nSPS) is 11.1. The molecule has 1 aromatic rings. The van der Waals surface area contributed by atoms with Gasteiger partial charge in [-0.3, -0.25) is 4.79 Å². The molecular formula is C14H22N2O3. The summed E-state index contributed by atoms with van der Waals surface area (Å²) >= 11 is 0. The van der Waals surface area contributed by atoms with Gasteiger partial charge in [-0.05, 0) is 40.0 Å². The minimum absolute atomic E-state index is 0.127. The Morgan fingerprint density at radius 1 is 1.21 bits per heavy atom. The number of amides is 1. The number of hydrogen-bond acceptors (Lipinski definition) is 4. The lowest BCUT2D eigenvalue weighted by atomic mass is 10.0. The molecular weight excluding hydrogens is 244 g/mol. The first-order valence-electron chi connectivity index (χ1n) is 6.09. The molecule has 19 heavy (non-hydrogen) atoms. The van der Waals surface area contributed by atoms with Crippen LogP contribution in [0.25, 0.3) is 0 Å². The van der Waals surface area contributed by atoms with Crippen molar-refractivity contribution in [2.45, 2.75) is 26.3 Å². The summed E-state index contributed by atoms with van der Waals surface area (Å²) in [5.41, 5.74) is 0.831. The van der Waals surface area contributed by atoms with E-state index in [2.05, 4.69) is 10.6 Å².